The standard InChI is InChI=1S/C17H20F2N2/c1-4-5-20-17(13-7-14(18)9-15(19)8-13)16-12(3)6-11(2)10-21-16/h6-10,17,20H,4-5H2,1-3H3. The topological polar surface area (TPSA) is 24.9 Å². The lowest BCUT2D eigenvalue weighted by molar-refractivity contribution is 0.552. The average Bonchev–Trinajstić information content (AvgIpc) is 2.40. The molecule has 1 atom stereocenters. The van der Waals surface area contributed by atoms with E-state index in [1.54, 1.807) is 6.20 Å². The average molecular weight is 290 g/mol. The molecule has 0 saturated carbocycles. The second-order valence-electron chi connectivity index (χ2n) is 5.30. The minimum atomic E-state index is -0.571. The van der Waals surface area contributed by atoms with Gasteiger partial charge in [-0.1, -0.05) is 13.0 Å². The van der Waals surface area contributed by atoms with E-state index in [0.29, 0.717) is 5.56 Å². The lowest BCUT2D eigenvalue weighted by Crippen LogP contribution is -2.25. The van der Waals surface area contributed by atoms with Crippen molar-refractivity contribution in [2.75, 3.05) is 6.54 Å². The van der Waals surface area contributed by atoms with Crippen LogP contribution in [0.15, 0.2) is 30.5 Å². The molecule has 1 N–H and O–H groups in total. The first-order valence-electron chi connectivity index (χ1n) is 7.13. The lowest BCUT2D eigenvalue weighted by atomic mass is 9.98. The summed E-state index contributed by atoms with van der Waals surface area (Å²) in [5.41, 5.74) is 3.43. The summed E-state index contributed by atoms with van der Waals surface area (Å²) >= 11 is 0. The maximum atomic E-state index is 13.5. The van der Waals surface area contributed by atoms with Gasteiger partial charge in [0.2, 0.25) is 0 Å². The van der Waals surface area contributed by atoms with E-state index in [4.69, 9.17) is 0 Å². The number of nitrogens with one attached hydrogen (secondary N) is 1. The van der Waals surface area contributed by atoms with Crippen molar-refractivity contribution < 1.29 is 8.78 Å². The fraction of sp³-hybridized carbons (Fsp3) is 0.353. The third-order valence-corrected chi connectivity index (χ3v) is 3.35. The van der Waals surface area contributed by atoms with E-state index >= 15 is 0 Å². The summed E-state index contributed by atoms with van der Waals surface area (Å²) < 4.78 is 27.0. The van der Waals surface area contributed by atoms with Crippen LogP contribution in [0.5, 0.6) is 0 Å². The SMILES string of the molecule is CCCNC(c1cc(F)cc(F)c1)c1ncc(C)cc1C. The van der Waals surface area contributed by atoms with Gasteiger partial charge in [-0.3, -0.25) is 4.98 Å². The Kier molecular flexibility index (Phi) is 5.02. The number of hydrogen-bond donors (Lipinski definition) is 1. The van der Waals surface area contributed by atoms with E-state index in [2.05, 4.69) is 10.3 Å². The van der Waals surface area contributed by atoms with Gasteiger partial charge >= 0.3 is 0 Å². The first-order chi connectivity index (χ1) is 10.0. The van der Waals surface area contributed by atoms with Gasteiger partial charge in [0.25, 0.3) is 0 Å². The van der Waals surface area contributed by atoms with Gasteiger partial charge in [-0.05, 0) is 55.6 Å². The summed E-state index contributed by atoms with van der Waals surface area (Å²) in [6, 6.07) is 5.32. The quantitative estimate of drug-likeness (QED) is 0.898. The second kappa shape index (κ2) is 6.76. The summed E-state index contributed by atoms with van der Waals surface area (Å²) in [6.07, 6.45) is 2.71. The van der Waals surface area contributed by atoms with Crippen molar-refractivity contribution in [2.45, 2.75) is 33.2 Å². The summed E-state index contributed by atoms with van der Waals surface area (Å²) in [4.78, 5) is 4.46. The van der Waals surface area contributed by atoms with Gasteiger partial charge in [0.05, 0.1) is 11.7 Å². The fourth-order valence-corrected chi connectivity index (χ4v) is 2.43. The van der Waals surface area contributed by atoms with E-state index in [9.17, 15) is 8.78 Å². The molecule has 1 aromatic heterocycles. The summed E-state index contributed by atoms with van der Waals surface area (Å²) in [7, 11) is 0. The molecule has 2 aromatic rings. The van der Waals surface area contributed by atoms with Gasteiger partial charge in [0.15, 0.2) is 0 Å². The zero-order valence-corrected chi connectivity index (χ0v) is 12.6. The van der Waals surface area contributed by atoms with Crippen molar-refractivity contribution in [1.82, 2.24) is 10.3 Å². The Morgan fingerprint density at radius 3 is 2.33 bits per heavy atom. The molecule has 2 rings (SSSR count). The molecule has 0 amide bonds. The number of aryl methyl sites for hydroxylation is 2. The minimum absolute atomic E-state index is 0.309. The highest BCUT2D eigenvalue weighted by atomic mass is 19.1. The number of nitrogens with zero attached hydrogens (tertiary/aromatic N) is 1. The van der Waals surface area contributed by atoms with E-state index in [-0.39, 0.29) is 6.04 Å². The molecule has 21 heavy (non-hydrogen) atoms. The zero-order chi connectivity index (χ0) is 15.4. The Balaban J connectivity index is 2.46. The molecule has 112 valence electrons. The summed E-state index contributed by atoms with van der Waals surface area (Å²) in [5, 5.41) is 3.32. The molecule has 0 saturated heterocycles. The van der Waals surface area contributed by atoms with Gasteiger partial charge < -0.3 is 5.32 Å². The Labute approximate surface area is 124 Å². The fourth-order valence-electron chi connectivity index (χ4n) is 2.43. The summed E-state index contributed by atoms with van der Waals surface area (Å²) in [6.45, 7) is 6.73. The van der Waals surface area contributed by atoms with Crippen LogP contribution in [0.4, 0.5) is 8.78 Å². The number of halogens is 2. The van der Waals surface area contributed by atoms with E-state index in [0.717, 1.165) is 35.9 Å². The molecule has 0 radical (unpaired) electrons. The Bertz CT molecular complexity index is 606. The van der Waals surface area contributed by atoms with Crippen LogP contribution in [-0.2, 0) is 0 Å². The van der Waals surface area contributed by atoms with Crippen LogP contribution in [0.3, 0.4) is 0 Å². The molecule has 0 aliphatic rings. The van der Waals surface area contributed by atoms with Crippen molar-refractivity contribution in [3.8, 4) is 0 Å². The van der Waals surface area contributed by atoms with Crippen molar-refractivity contribution in [2.24, 2.45) is 0 Å². The smallest absolute Gasteiger partial charge is 0.126 e. The van der Waals surface area contributed by atoms with Crippen LogP contribution in [0.25, 0.3) is 0 Å². The highest BCUT2D eigenvalue weighted by molar-refractivity contribution is 5.34. The molecule has 0 fully saturated rings. The lowest BCUT2D eigenvalue weighted by Gasteiger charge is -2.21. The van der Waals surface area contributed by atoms with Gasteiger partial charge in [-0.15, -0.1) is 0 Å². The minimum Gasteiger partial charge on any atom is -0.305 e. The Hall–Kier alpha value is -1.81. The highest BCUT2D eigenvalue weighted by Gasteiger charge is 2.18. The highest BCUT2D eigenvalue weighted by Crippen LogP contribution is 2.25. The van der Waals surface area contributed by atoms with E-state index in [1.807, 2.05) is 26.8 Å². The van der Waals surface area contributed by atoms with Gasteiger partial charge in [-0.25, -0.2) is 8.78 Å². The Morgan fingerprint density at radius 1 is 1.10 bits per heavy atom. The summed E-state index contributed by atoms with van der Waals surface area (Å²) in [5.74, 6) is -1.14. The maximum absolute atomic E-state index is 13.5. The number of hydrogen-bond acceptors (Lipinski definition) is 2. The van der Waals surface area contributed by atoms with E-state index in [1.165, 1.54) is 12.1 Å². The molecule has 4 heteroatoms. The third-order valence-electron chi connectivity index (χ3n) is 3.35. The molecular formula is C17H20F2N2. The van der Waals surface area contributed by atoms with Gasteiger partial charge in [0, 0.05) is 12.3 Å². The molecule has 0 spiro atoms. The number of benzene rings is 1. The van der Waals surface area contributed by atoms with Crippen molar-refractivity contribution in [1.29, 1.82) is 0 Å². The Morgan fingerprint density at radius 2 is 1.76 bits per heavy atom. The largest absolute Gasteiger partial charge is 0.305 e. The van der Waals surface area contributed by atoms with Gasteiger partial charge in [-0.2, -0.15) is 0 Å². The van der Waals surface area contributed by atoms with Crippen LogP contribution in [0, 0.1) is 25.5 Å². The number of rotatable bonds is 5. The predicted octanol–water partition coefficient (Wildman–Crippen LogP) is 4.07. The molecule has 2 nitrogen and oxygen atoms in total. The zero-order valence-electron chi connectivity index (χ0n) is 12.6. The second-order valence-corrected chi connectivity index (χ2v) is 5.30. The molecule has 1 heterocycles. The molecule has 0 bridgehead atoms. The molecular weight excluding hydrogens is 270 g/mol. The monoisotopic (exact) mass is 290 g/mol. The van der Waals surface area contributed by atoms with Crippen molar-refractivity contribution >= 4 is 0 Å². The van der Waals surface area contributed by atoms with Crippen LogP contribution in [0.1, 0.15) is 41.8 Å². The normalized spacial score (nSPS) is 12.4. The first-order valence-corrected chi connectivity index (χ1v) is 7.13. The predicted molar refractivity (Wildman–Crippen MR) is 80.2 cm³/mol. The third kappa shape index (κ3) is 3.85. The van der Waals surface area contributed by atoms with Crippen LogP contribution in [-0.4, -0.2) is 11.5 Å². The van der Waals surface area contributed by atoms with Gasteiger partial charge in [0.1, 0.15) is 11.6 Å². The molecule has 0 aliphatic heterocycles. The molecule has 1 aromatic carbocycles. The van der Waals surface area contributed by atoms with Crippen molar-refractivity contribution in [3.05, 3.63) is 64.5 Å². The molecule has 0 aliphatic carbocycles. The molecule has 1 unspecified atom stereocenters. The van der Waals surface area contributed by atoms with Crippen LogP contribution < -0.4 is 5.32 Å². The maximum Gasteiger partial charge on any atom is 0.126 e. The van der Waals surface area contributed by atoms with Crippen LogP contribution in [0.2, 0.25) is 0 Å². The first kappa shape index (κ1) is 15.6. The van der Waals surface area contributed by atoms with E-state index < -0.39 is 11.6 Å². The van der Waals surface area contributed by atoms with Crippen LogP contribution >= 0.6 is 0 Å². The van der Waals surface area contributed by atoms with Crippen molar-refractivity contribution in [3.63, 3.8) is 0 Å². The number of aromatic nitrogens is 1. The number of pyridine rings is 1.